The molecule has 54 heavy (non-hydrogen) atoms. The normalized spacial score (nSPS) is 11.9. The molecule has 0 N–H and O–H groups in total. The van der Waals surface area contributed by atoms with Crippen LogP contribution in [0.2, 0.25) is 0 Å². The number of hydrogen-bond donors (Lipinski definition) is 0. The average molecular weight is 689 g/mol. The zero-order valence-electron chi connectivity index (χ0n) is 30.2. The lowest BCUT2D eigenvalue weighted by Gasteiger charge is -2.18. The van der Waals surface area contributed by atoms with Gasteiger partial charge in [-0.3, -0.25) is 0 Å². The van der Waals surface area contributed by atoms with Gasteiger partial charge in [-0.15, -0.1) is 0 Å². The van der Waals surface area contributed by atoms with Crippen LogP contribution in [0.15, 0.2) is 182 Å². The SMILES string of the molecule is Cc1ccc(-n2c3ccccc3c3cc(-c4c5ccccc5c(-c5ccc6c(c5)c5ccccc5n6-c5ccc(C)cc5)c5ccccc45)ccc32)cc1. The van der Waals surface area contributed by atoms with Crippen LogP contribution >= 0.6 is 0 Å². The molecule has 0 radical (unpaired) electrons. The van der Waals surface area contributed by atoms with Crippen molar-refractivity contribution < 1.29 is 0 Å². The van der Waals surface area contributed by atoms with Crippen molar-refractivity contribution in [1.82, 2.24) is 9.13 Å². The zero-order chi connectivity index (χ0) is 35.9. The molecule has 0 fully saturated rings. The smallest absolute Gasteiger partial charge is 0.0541 e. The first kappa shape index (κ1) is 30.7. The van der Waals surface area contributed by atoms with E-state index in [9.17, 15) is 0 Å². The van der Waals surface area contributed by atoms with Crippen molar-refractivity contribution in [1.29, 1.82) is 0 Å². The number of para-hydroxylation sites is 2. The average Bonchev–Trinajstić information content (AvgIpc) is 3.73. The fourth-order valence-electron chi connectivity index (χ4n) is 8.95. The second kappa shape index (κ2) is 11.8. The minimum atomic E-state index is 1.18. The van der Waals surface area contributed by atoms with E-state index in [0.29, 0.717) is 0 Å². The third-order valence-electron chi connectivity index (χ3n) is 11.4. The molecule has 0 unspecified atom stereocenters. The molecule has 11 rings (SSSR count). The number of aryl methyl sites for hydroxylation is 2. The molecule has 2 nitrogen and oxygen atoms in total. The molecule has 9 aromatic carbocycles. The third-order valence-corrected chi connectivity index (χ3v) is 11.4. The van der Waals surface area contributed by atoms with Crippen molar-refractivity contribution in [2.24, 2.45) is 0 Å². The van der Waals surface area contributed by atoms with Gasteiger partial charge in [-0.25, -0.2) is 0 Å². The third kappa shape index (κ3) is 4.53. The summed E-state index contributed by atoms with van der Waals surface area (Å²) < 4.78 is 4.80. The minimum absolute atomic E-state index is 1.18. The minimum Gasteiger partial charge on any atom is -0.309 e. The second-order valence-corrected chi connectivity index (χ2v) is 14.7. The molecule has 0 bridgehead atoms. The van der Waals surface area contributed by atoms with Crippen LogP contribution < -0.4 is 0 Å². The summed E-state index contributed by atoms with van der Waals surface area (Å²) >= 11 is 0. The van der Waals surface area contributed by atoms with Crippen LogP contribution in [0.25, 0.3) is 98.8 Å². The Morgan fingerprint density at radius 3 is 0.963 bits per heavy atom. The highest BCUT2D eigenvalue weighted by Crippen LogP contribution is 2.46. The van der Waals surface area contributed by atoms with Crippen LogP contribution in [-0.4, -0.2) is 9.13 Å². The lowest BCUT2D eigenvalue weighted by Crippen LogP contribution is -1.94. The summed E-state index contributed by atoms with van der Waals surface area (Å²) in [5.74, 6) is 0. The number of nitrogens with zero attached hydrogens (tertiary/aromatic N) is 2. The molecule has 0 aliphatic carbocycles. The first-order chi connectivity index (χ1) is 26.6. The van der Waals surface area contributed by atoms with E-state index in [0.717, 1.165) is 0 Å². The molecule has 0 atom stereocenters. The highest BCUT2D eigenvalue weighted by atomic mass is 15.0. The highest BCUT2D eigenvalue weighted by molar-refractivity contribution is 6.23. The lowest BCUT2D eigenvalue weighted by molar-refractivity contribution is 1.17. The lowest BCUT2D eigenvalue weighted by atomic mass is 9.85. The number of fused-ring (bicyclic) bond motifs is 8. The van der Waals surface area contributed by atoms with Gasteiger partial charge in [-0.05, 0) is 118 Å². The molecular formula is C52H36N2. The molecule has 0 spiro atoms. The number of rotatable bonds is 4. The summed E-state index contributed by atoms with van der Waals surface area (Å²) in [5.41, 5.74) is 14.8. The zero-order valence-corrected chi connectivity index (χ0v) is 30.2. The molecule has 254 valence electrons. The summed E-state index contributed by atoms with van der Waals surface area (Å²) in [5, 5.41) is 10.1. The first-order valence-corrected chi connectivity index (χ1v) is 18.8. The maximum Gasteiger partial charge on any atom is 0.0541 e. The largest absolute Gasteiger partial charge is 0.309 e. The Labute approximate surface area is 313 Å². The predicted molar refractivity (Wildman–Crippen MR) is 230 cm³/mol. The Morgan fingerprint density at radius 1 is 0.278 bits per heavy atom. The van der Waals surface area contributed by atoms with E-state index >= 15 is 0 Å². The number of benzene rings is 9. The van der Waals surface area contributed by atoms with Crippen LogP contribution in [0.1, 0.15) is 11.1 Å². The molecule has 0 saturated heterocycles. The molecule has 0 aliphatic heterocycles. The second-order valence-electron chi connectivity index (χ2n) is 14.7. The molecule has 2 heterocycles. The van der Waals surface area contributed by atoms with Crippen LogP contribution in [-0.2, 0) is 0 Å². The van der Waals surface area contributed by atoms with E-state index in [1.54, 1.807) is 0 Å². The number of aromatic nitrogens is 2. The van der Waals surface area contributed by atoms with Crippen molar-refractivity contribution in [2.45, 2.75) is 13.8 Å². The molecule has 0 aliphatic rings. The van der Waals surface area contributed by atoms with Crippen molar-refractivity contribution in [2.75, 3.05) is 0 Å². The molecule has 2 aromatic heterocycles. The monoisotopic (exact) mass is 688 g/mol. The van der Waals surface area contributed by atoms with Crippen LogP contribution in [0.4, 0.5) is 0 Å². The van der Waals surface area contributed by atoms with E-state index in [1.165, 1.54) is 110 Å². The van der Waals surface area contributed by atoms with Crippen molar-refractivity contribution >= 4 is 65.2 Å². The maximum atomic E-state index is 2.42. The van der Waals surface area contributed by atoms with Crippen molar-refractivity contribution in [3.05, 3.63) is 193 Å². The summed E-state index contributed by atoms with van der Waals surface area (Å²) in [6.45, 7) is 4.29. The van der Waals surface area contributed by atoms with Gasteiger partial charge in [-0.1, -0.05) is 132 Å². The summed E-state index contributed by atoms with van der Waals surface area (Å²) in [6.07, 6.45) is 0. The van der Waals surface area contributed by atoms with Crippen LogP contribution in [0.3, 0.4) is 0 Å². The van der Waals surface area contributed by atoms with Gasteiger partial charge in [-0.2, -0.15) is 0 Å². The van der Waals surface area contributed by atoms with Crippen molar-refractivity contribution in [3.63, 3.8) is 0 Å². The van der Waals surface area contributed by atoms with Gasteiger partial charge in [0.2, 0.25) is 0 Å². The Kier molecular flexibility index (Phi) is 6.72. The maximum absolute atomic E-state index is 2.42. The Balaban J connectivity index is 1.16. The fraction of sp³-hybridized carbons (Fsp3) is 0.0385. The topological polar surface area (TPSA) is 9.86 Å². The predicted octanol–water partition coefficient (Wildman–Crippen LogP) is 14.1. The van der Waals surface area contributed by atoms with E-state index in [1.807, 2.05) is 0 Å². The van der Waals surface area contributed by atoms with E-state index in [4.69, 9.17) is 0 Å². The van der Waals surface area contributed by atoms with Crippen LogP contribution in [0, 0.1) is 13.8 Å². The summed E-state index contributed by atoms with van der Waals surface area (Å²) in [7, 11) is 0. The van der Waals surface area contributed by atoms with Gasteiger partial charge in [0, 0.05) is 32.9 Å². The standard InChI is InChI=1S/C52H36N2/c1-33-19-25-37(26-20-33)53-47-17-9-7-11-39(47)45-31-35(23-29-49(45)53)51-41-13-3-5-15-43(41)52(44-16-6-4-14-42(44)51)36-24-30-50-46(32-36)40-12-8-10-18-48(40)54(50)38-27-21-34(2)22-28-38/h3-32H,1-2H3. The molecule has 0 saturated carbocycles. The van der Waals surface area contributed by atoms with E-state index in [2.05, 4.69) is 205 Å². The summed E-state index contributed by atoms with van der Waals surface area (Å²) in [4.78, 5) is 0. The quantitative estimate of drug-likeness (QED) is 0.163. The molecule has 0 amide bonds. The van der Waals surface area contributed by atoms with Gasteiger partial charge >= 0.3 is 0 Å². The summed E-state index contributed by atoms with van der Waals surface area (Å²) in [6, 6.07) is 67.4. The Bertz CT molecular complexity index is 2990. The molecule has 11 aromatic rings. The van der Waals surface area contributed by atoms with Gasteiger partial charge in [0.1, 0.15) is 0 Å². The van der Waals surface area contributed by atoms with Crippen LogP contribution in [0.5, 0.6) is 0 Å². The van der Waals surface area contributed by atoms with Gasteiger partial charge in [0.15, 0.2) is 0 Å². The Morgan fingerprint density at radius 2 is 0.593 bits per heavy atom. The van der Waals surface area contributed by atoms with Crippen molar-refractivity contribution in [3.8, 4) is 33.6 Å². The van der Waals surface area contributed by atoms with Gasteiger partial charge < -0.3 is 9.13 Å². The Hall–Kier alpha value is -6.90. The number of hydrogen-bond acceptors (Lipinski definition) is 0. The van der Waals surface area contributed by atoms with Gasteiger partial charge in [0.05, 0.1) is 22.1 Å². The highest BCUT2D eigenvalue weighted by Gasteiger charge is 2.20. The van der Waals surface area contributed by atoms with E-state index < -0.39 is 0 Å². The first-order valence-electron chi connectivity index (χ1n) is 18.8. The molecule has 2 heteroatoms. The van der Waals surface area contributed by atoms with Gasteiger partial charge in [0.25, 0.3) is 0 Å². The fourth-order valence-corrected chi connectivity index (χ4v) is 8.95. The van der Waals surface area contributed by atoms with E-state index in [-0.39, 0.29) is 0 Å². The molecular weight excluding hydrogens is 653 g/mol.